The maximum absolute atomic E-state index is 12.4. The first kappa shape index (κ1) is 18.1. The molecule has 1 fully saturated rings. The summed E-state index contributed by atoms with van der Waals surface area (Å²) in [5, 5.41) is 6.84. The van der Waals surface area contributed by atoms with Crippen LogP contribution in [0.4, 0.5) is 0 Å². The van der Waals surface area contributed by atoms with E-state index in [0.29, 0.717) is 31.2 Å². The molecule has 1 saturated heterocycles. The first-order chi connectivity index (χ1) is 12.5. The van der Waals surface area contributed by atoms with Crippen LogP contribution in [0, 0.1) is 11.8 Å². The quantitative estimate of drug-likeness (QED) is 0.819. The van der Waals surface area contributed by atoms with Gasteiger partial charge in [-0.05, 0) is 17.5 Å². The monoisotopic (exact) mass is 356 g/mol. The molecule has 0 aromatic carbocycles. The third-order valence-corrected chi connectivity index (χ3v) is 4.34. The highest BCUT2D eigenvalue weighted by Gasteiger charge is 2.34. The standard InChI is InChI=1S/C19H24N4O3/c1-13(2)6-17-8-16(22-26-17)10-21-19(25)15-7-18(24)23(12-15)11-14-4-3-5-20-9-14/h3-5,8-9,13,15H,6-7,10-12H2,1-2H3,(H,21,25). The van der Waals surface area contributed by atoms with E-state index in [9.17, 15) is 9.59 Å². The Labute approximate surface area is 152 Å². The van der Waals surface area contributed by atoms with Crippen LogP contribution in [-0.4, -0.2) is 33.4 Å². The van der Waals surface area contributed by atoms with Crippen molar-refractivity contribution in [3.63, 3.8) is 0 Å². The lowest BCUT2D eigenvalue weighted by Gasteiger charge is -2.16. The molecule has 0 radical (unpaired) electrons. The van der Waals surface area contributed by atoms with Gasteiger partial charge in [0.1, 0.15) is 11.5 Å². The molecule has 3 heterocycles. The molecule has 2 aromatic rings. The highest BCUT2D eigenvalue weighted by atomic mass is 16.5. The summed E-state index contributed by atoms with van der Waals surface area (Å²) >= 11 is 0. The van der Waals surface area contributed by atoms with Gasteiger partial charge in [-0.15, -0.1) is 0 Å². The summed E-state index contributed by atoms with van der Waals surface area (Å²) in [6.45, 7) is 5.44. The molecular weight excluding hydrogens is 332 g/mol. The van der Waals surface area contributed by atoms with Crippen LogP contribution in [0.1, 0.15) is 37.3 Å². The summed E-state index contributed by atoms with van der Waals surface area (Å²) in [5.41, 5.74) is 1.66. The molecule has 2 aromatic heterocycles. The van der Waals surface area contributed by atoms with E-state index in [1.807, 2.05) is 18.2 Å². The molecule has 7 heteroatoms. The number of nitrogens with zero attached hydrogens (tertiary/aromatic N) is 3. The molecule has 1 unspecified atom stereocenters. The molecule has 1 aliphatic rings. The van der Waals surface area contributed by atoms with Crippen molar-refractivity contribution >= 4 is 11.8 Å². The van der Waals surface area contributed by atoms with Gasteiger partial charge in [0.05, 0.1) is 12.5 Å². The summed E-state index contributed by atoms with van der Waals surface area (Å²) in [4.78, 5) is 30.3. The van der Waals surface area contributed by atoms with Crippen molar-refractivity contribution in [2.75, 3.05) is 6.54 Å². The lowest BCUT2D eigenvalue weighted by Crippen LogP contribution is -2.32. The zero-order chi connectivity index (χ0) is 18.5. The third kappa shape index (κ3) is 4.68. The van der Waals surface area contributed by atoms with Crippen molar-refractivity contribution in [3.8, 4) is 0 Å². The number of nitrogens with one attached hydrogen (secondary N) is 1. The fourth-order valence-electron chi connectivity index (χ4n) is 3.07. The van der Waals surface area contributed by atoms with Crippen LogP contribution in [-0.2, 0) is 29.1 Å². The van der Waals surface area contributed by atoms with Gasteiger partial charge in [0.2, 0.25) is 11.8 Å². The smallest absolute Gasteiger partial charge is 0.225 e. The topological polar surface area (TPSA) is 88.3 Å². The average Bonchev–Trinajstić information content (AvgIpc) is 3.20. The SMILES string of the molecule is CC(C)Cc1cc(CNC(=O)C2CC(=O)N(Cc3cccnc3)C2)no1. The first-order valence-electron chi connectivity index (χ1n) is 8.90. The van der Waals surface area contributed by atoms with Crippen molar-refractivity contribution < 1.29 is 14.1 Å². The largest absolute Gasteiger partial charge is 0.361 e. The van der Waals surface area contributed by atoms with Crippen molar-refractivity contribution in [3.05, 3.63) is 47.6 Å². The van der Waals surface area contributed by atoms with E-state index in [-0.39, 0.29) is 24.2 Å². The molecule has 0 spiro atoms. The van der Waals surface area contributed by atoms with Gasteiger partial charge in [0, 0.05) is 44.4 Å². The van der Waals surface area contributed by atoms with E-state index in [0.717, 1.165) is 17.7 Å². The first-order valence-corrected chi connectivity index (χ1v) is 8.90. The molecule has 2 amide bonds. The van der Waals surface area contributed by atoms with Crippen molar-refractivity contribution in [2.45, 2.75) is 39.8 Å². The zero-order valence-electron chi connectivity index (χ0n) is 15.1. The van der Waals surface area contributed by atoms with Gasteiger partial charge in [-0.25, -0.2) is 0 Å². The maximum Gasteiger partial charge on any atom is 0.225 e. The molecule has 138 valence electrons. The minimum absolute atomic E-state index is 0.00495. The van der Waals surface area contributed by atoms with Crippen LogP contribution >= 0.6 is 0 Å². The Kier molecular flexibility index (Phi) is 5.65. The molecule has 0 aliphatic carbocycles. The number of hydrogen-bond acceptors (Lipinski definition) is 5. The average molecular weight is 356 g/mol. The fourth-order valence-corrected chi connectivity index (χ4v) is 3.07. The fraction of sp³-hybridized carbons (Fsp3) is 0.474. The second-order valence-corrected chi connectivity index (χ2v) is 7.14. The van der Waals surface area contributed by atoms with E-state index in [1.165, 1.54) is 0 Å². The van der Waals surface area contributed by atoms with E-state index in [2.05, 4.69) is 29.3 Å². The molecule has 1 N–H and O–H groups in total. The molecule has 26 heavy (non-hydrogen) atoms. The number of hydrogen-bond donors (Lipinski definition) is 1. The Morgan fingerprint density at radius 3 is 3.04 bits per heavy atom. The molecule has 3 rings (SSSR count). The molecule has 7 nitrogen and oxygen atoms in total. The highest BCUT2D eigenvalue weighted by molar-refractivity contribution is 5.89. The second-order valence-electron chi connectivity index (χ2n) is 7.14. The van der Waals surface area contributed by atoms with E-state index < -0.39 is 0 Å². The van der Waals surface area contributed by atoms with Crippen LogP contribution in [0.2, 0.25) is 0 Å². The van der Waals surface area contributed by atoms with Gasteiger partial charge < -0.3 is 14.7 Å². The Morgan fingerprint density at radius 1 is 1.46 bits per heavy atom. The third-order valence-electron chi connectivity index (χ3n) is 4.34. The van der Waals surface area contributed by atoms with Crippen molar-refractivity contribution in [1.82, 2.24) is 20.4 Å². The minimum atomic E-state index is -0.332. The van der Waals surface area contributed by atoms with Gasteiger partial charge >= 0.3 is 0 Å². The van der Waals surface area contributed by atoms with Crippen LogP contribution in [0.5, 0.6) is 0 Å². The summed E-state index contributed by atoms with van der Waals surface area (Å²) in [6.07, 6.45) is 4.49. The van der Waals surface area contributed by atoms with Gasteiger partial charge in [0.15, 0.2) is 0 Å². The number of carbonyl (C=O) groups excluding carboxylic acids is 2. The van der Waals surface area contributed by atoms with Gasteiger partial charge in [0.25, 0.3) is 0 Å². The van der Waals surface area contributed by atoms with E-state index >= 15 is 0 Å². The lowest BCUT2D eigenvalue weighted by atomic mass is 10.1. The van der Waals surface area contributed by atoms with Crippen LogP contribution in [0.3, 0.4) is 0 Å². The predicted molar refractivity (Wildman–Crippen MR) is 94.7 cm³/mol. The highest BCUT2D eigenvalue weighted by Crippen LogP contribution is 2.20. The van der Waals surface area contributed by atoms with Crippen molar-refractivity contribution in [1.29, 1.82) is 0 Å². The lowest BCUT2D eigenvalue weighted by molar-refractivity contribution is -0.129. The van der Waals surface area contributed by atoms with Crippen molar-refractivity contribution in [2.24, 2.45) is 11.8 Å². The summed E-state index contributed by atoms with van der Waals surface area (Å²) < 4.78 is 5.26. The van der Waals surface area contributed by atoms with E-state index in [1.54, 1.807) is 17.3 Å². The molecule has 0 bridgehead atoms. The minimum Gasteiger partial charge on any atom is -0.361 e. The number of likely N-dealkylation sites (tertiary alicyclic amines) is 1. The second kappa shape index (κ2) is 8.12. The Hall–Kier alpha value is -2.70. The number of carbonyl (C=O) groups is 2. The van der Waals surface area contributed by atoms with Crippen LogP contribution in [0.15, 0.2) is 35.1 Å². The van der Waals surface area contributed by atoms with Crippen LogP contribution < -0.4 is 5.32 Å². The maximum atomic E-state index is 12.4. The molecule has 0 saturated carbocycles. The molecular formula is C19H24N4O3. The van der Waals surface area contributed by atoms with E-state index in [4.69, 9.17) is 4.52 Å². The zero-order valence-corrected chi connectivity index (χ0v) is 15.1. The Morgan fingerprint density at radius 2 is 2.31 bits per heavy atom. The van der Waals surface area contributed by atoms with Gasteiger partial charge in [-0.3, -0.25) is 14.6 Å². The summed E-state index contributed by atoms with van der Waals surface area (Å²) in [6, 6.07) is 5.63. The molecule has 1 aliphatic heterocycles. The van der Waals surface area contributed by atoms with Gasteiger partial charge in [-0.1, -0.05) is 25.1 Å². The summed E-state index contributed by atoms with van der Waals surface area (Å²) in [5.74, 6) is 0.847. The Bertz CT molecular complexity index is 757. The summed E-state index contributed by atoms with van der Waals surface area (Å²) in [7, 11) is 0. The number of rotatable bonds is 7. The molecule has 1 atom stereocenters. The Balaban J connectivity index is 1.49. The number of aromatic nitrogens is 2. The number of amides is 2. The van der Waals surface area contributed by atoms with Crippen LogP contribution in [0.25, 0.3) is 0 Å². The number of pyridine rings is 1. The van der Waals surface area contributed by atoms with Gasteiger partial charge in [-0.2, -0.15) is 0 Å². The predicted octanol–water partition coefficient (Wildman–Crippen LogP) is 1.93. The normalized spacial score (nSPS) is 17.1.